The first-order valence-corrected chi connectivity index (χ1v) is 5.32. The molecule has 0 bridgehead atoms. The molecule has 17 heavy (non-hydrogen) atoms. The predicted octanol–water partition coefficient (Wildman–Crippen LogP) is 1.21. The van der Waals surface area contributed by atoms with E-state index in [9.17, 15) is 4.79 Å². The summed E-state index contributed by atoms with van der Waals surface area (Å²) in [6.45, 7) is 1.38. The van der Waals surface area contributed by atoms with E-state index in [1.54, 1.807) is 35.3 Å². The fourth-order valence-electron chi connectivity index (χ4n) is 1.38. The second-order valence-corrected chi connectivity index (χ2v) is 3.49. The van der Waals surface area contributed by atoms with Crippen LogP contribution in [0, 0.1) is 0 Å². The van der Waals surface area contributed by atoms with E-state index in [1.165, 1.54) is 6.33 Å². The number of aromatic nitrogens is 3. The van der Waals surface area contributed by atoms with Gasteiger partial charge in [-0.1, -0.05) is 0 Å². The van der Waals surface area contributed by atoms with Crippen LogP contribution < -0.4 is 4.74 Å². The van der Waals surface area contributed by atoms with Gasteiger partial charge in [-0.3, -0.25) is 9.48 Å². The van der Waals surface area contributed by atoms with E-state index < -0.39 is 0 Å². The maximum absolute atomic E-state index is 10.3. The number of carbonyl (C=O) groups excluding carboxylic acids is 1. The molecule has 0 unspecified atom stereocenters. The summed E-state index contributed by atoms with van der Waals surface area (Å²) < 4.78 is 7.27. The highest BCUT2D eigenvalue weighted by molar-refractivity contribution is 5.75. The molecule has 0 aliphatic rings. The molecule has 2 rings (SSSR count). The molecular weight excluding hydrogens is 218 g/mol. The lowest BCUT2D eigenvalue weighted by atomic mass is 10.2. The largest absolute Gasteiger partial charge is 0.494 e. The molecule has 0 aliphatic carbocycles. The van der Waals surface area contributed by atoms with Crippen LogP contribution in [0.1, 0.15) is 12.0 Å². The van der Waals surface area contributed by atoms with Crippen molar-refractivity contribution < 1.29 is 9.53 Å². The zero-order chi connectivity index (χ0) is 11.9. The van der Waals surface area contributed by atoms with Gasteiger partial charge in [-0.15, -0.1) is 0 Å². The van der Waals surface area contributed by atoms with Crippen LogP contribution in [0.25, 0.3) is 0 Å². The smallest absolute Gasteiger partial charge is 0.233 e. The highest BCUT2D eigenvalue weighted by Crippen LogP contribution is 2.11. The molecule has 0 spiro atoms. The average Bonchev–Trinajstić information content (AvgIpc) is 2.88. The summed E-state index contributed by atoms with van der Waals surface area (Å²) in [6, 6.07) is 6.88. The monoisotopic (exact) mass is 230 g/mol. The molecule has 1 aromatic carbocycles. The predicted molar refractivity (Wildman–Crippen MR) is 61.4 cm³/mol. The molecule has 0 amide bonds. The van der Waals surface area contributed by atoms with E-state index in [4.69, 9.17) is 4.74 Å². The average molecular weight is 230 g/mol. The van der Waals surface area contributed by atoms with Crippen LogP contribution >= 0.6 is 0 Å². The summed E-state index contributed by atoms with van der Waals surface area (Å²) in [7, 11) is 0. The number of aryl methyl sites for hydroxylation is 1. The van der Waals surface area contributed by atoms with Gasteiger partial charge in [0.15, 0.2) is 0 Å². The molecule has 0 fully saturated rings. The van der Waals surface area contributed by atoms with Gasteiger partial charge in [0.1, 0.15) is 18.4 Å². The van der Waals surface area contributed by atoms with Crippen molar-refractivity contribution >= 4 is 6.29 Å². The summed E-state index contributed by atoms with van der Waals surface area (Å²) >= 11 is 0. The molecule has 5 nitrogen and oxygen atoms in total. The van der Waals surface area contributed by atoms with Gasteiger partial charge in [0, 0.05) is 18.5 Å². The van der Waals surface area contributed by atoms with Gasteiger partial charge < -0.3 is 4.74 Å². The molecule has 0 saturated heterocycles. The van der Waals surface area contributed by atoms with E-state index in [-0.39, 0.29) is 0 Å². The van der Waals surface area contributed by atoms with Crippen LogP contribution in [0.15, 0.2) is 36.9 Å². The fourth-order valence-corrected chi connectivity index (χ4v) is 1.38. The lowest BCUT2D eigenvalue weighted by molar-refractivity contribution is 0.298. The molecule has 0 atom stereocenters. The maximum Gasteiger partial charge on any atom is 0.233 e. The Morgan fingerprint density at radius 2 is 2.12 bits per heavy atom. The standard InChI is InChI=1S/C12H12N3O2/c16-8-11-2-4-12(5-3-11)17-7-1-6-15-10-13-9-14-15/h2-5,9-10H,1,6-7H2. The van der Waals surface area contributed by atoms with Crippen molar-refractivity contribution in [1.82, 2.24) is 14.8 Å². The molecule has 1 heterocycles. The van der Waals surface area contributed by atoms with E-state index in [0.29, 0.717) is 12.2 Å². The minimum atomic E-state index is 0.528. The number of hydrogen-bond acceptors (Lipinski definition) is 4. The number of ether oxygens (including phenoxy) is 1. The van der Waals surface area contributed by atoms with E-state index in [0.717, 1.165) is 18.7 Å². The first-order chi connectivity index (χ1) is 8.38. The third-order valence-corrected chi connectivity index (χ3v) is 2.24. The summed E-state index contributed by atoms with van der Waals surface area (Å²) in [5.74, 6) is 0.752. The van der Waals surface area contributed by atoms with Gasteiger partial charge >= 0.3 is 0 Å². The highest BCUT2D eigenvalue weighted by Gasteiger charge is 1.96. The molecular formula is C12H12N3O2. The highest BCUT2D eigenvalue weighted by atomic mass is 16.5. The zero-order valence-electron chi connectivity index (χ0n) is 9.24. The van der Waals surface area contributed by atoms with Gasteiger partial charge in [-0.25, -0.2) is 4.98 Å². The van der Waals surface area contributed by atoms with E-state index in [2.05, 4.69) is 10.1 Å². The number of benzene rings is 1. The quantitative estimate of drug-likeness (QED) is 0.700. The SMILES string of the molecule is O=[C]c1ccc(OCCCn2cncn2)cc1. The molecule has 1 aromatic heterocycles. The fraction of sp³-hybridized carbons (Fsp3) is 0.250. The molecule has 5 heteroatoms. The number of hydrogen-bond donors (Lipinski definition) is 0. The van der Waals surface area contributed by atoms with Crippen LogP contribution in [-0.4, -0.2) is 27.7 Å². The molecule has 0 aliphatic heterocycles. The van der Waals surface area contributed by atoms with Crippen LogP contribution in [0.5, 0.6) is 5.75 Å². The summed E-state index contributed by atoms with van der Waals surface area (Å²) in [5, 5.41) is 3.99. The Hall–Kier alpha value is -2.17. The van der Waals surface area contributed by atoms with Crippen LogP contribution in [0.4, 0.5) is 0 Å². The lowest BCUT2D eigenvalue weighted by Crippen LogP contribution is -2.04. The Balaban J connectivity index is 1.72. The van der Waals surface area contributed by atoms with Crippen molar-refractivity contribution in [3.63, 3.8) is 0 Å². The Labute approximate surface area is 99.1 Å². The first-order valence-electron chi connectivity index (χ1n) is 5.32. The summed E-state index contributed by atoms with van der Waals surface area (Å²) in [4.78, 5) is 14.2. The van der Waals surface area contributed by atoms with E-state index in [1.807, 2.05) is 6.29 Å². The minimum absolute atomic E-state index is 0.528. The normalized spacial score (nSPS) is 10.1. The molecule has 87 valence electrons. The first kappa shape index (κ1) is 11.3. The Kier molecular flexibility index (Phi) is 3.85. The van der Waals surface area contributed by atoms with Gasteiger partial charge in [-0.05, 0) is 24.3 Å². The van der Waals surface area contributed by atoms with Gasteiger partial charge in [0.25, 0.3) is 0 Å². The van der Waals surface area contributed by atoms with Crippen molar-refractivity contribution in [2.45, 2.75) is 13.0 Å². The zero-order valence-corrected chi connectivity index (χ0v) is 9.24. The Bertz CT molecular complexity index is 451. The minimum Gasteiger partial charge on any atom is -0.494 e. The molecule has 0 saturated carbocycles. The van der Waals surface area contributed by atoms with Crippen LogP contribution in [0.2, 0.25) is 0 Å². The third kappa shape index (κ3) is 3.41. The number of rotatable bonds is 6. The van der Waals surface area contributed by atoms with Crippen molar-refractivity contribution in [2.75, 3.05) is 6.61 Å². The Morgan fingerprint density at radius 1 is 1.29 bits per heavy atom. The topological polar surface area (TPSA) is 57.0 Å². The van der Waals surface area contributed by atoms with Crippen molar-refractivity contribution in [2.24, 2.45) is 0 Å². The third-order valence-electron chi connectivity index (χ3n) is 2.24. The second-order valence-electron chi connectivity index (χ2n) is 3.49. The molecule has 2 aromatic rings. The van der Waals surface area contributed by atoms with Crippen molar-refractivity contribution in [1.29, 1.82) is 0 Å². The second kappa shape index (κ2) is 5.79. The maximum atomic E-state index is 10.3. The van der Waals surface area contributed by atoms with Gasteiger partial charge in [0.05, 0.1) is 6.61 Å². The molecule has 1 radical (unpaired) electrons. The van der Waals surface area contributed by atoms with E-state index >= 15 is 0 Å². The molecule has 0 N–H and O–H groups in total. The number of nitrogens with zero attached hydrogens (tertiary/aromatic N) is 3. The van der Waals surface area contributed by atoms with Gasteiger partial charge in [0.2, 0.25) is 6.29 Å². The summed E-state index contributed by atoms with van der Waals surface area (Å²) in [5.41, 5.74) is 0.528. The van der Waals surface area contributed by atoms with Crippen molar-refractivity contribution in [3.8, 4) is 5.75 Å². The Morgan fingerprint density at radius 3 is 2.76 bits per heavy atom. The van der Waals surface area contributed by atoms with Crippen molar-refractivity contribution in [3.05, 3.63) is 42.5 Å². The van der Waals surface area contributed by atoms with Gasteiger partial charge in [-0.2, -0.15) is 5.10 Å². The summed E-state index contributed by atoms with van der Waals surface area (Å²) in [6.07, 6.45) is 5.85. The lowest BCUT2D eigenvalue weighted by Gasteiger charge is -2.05. The van der Waals surface area contributed by atoms with Crippen LogP contribution in [0.3, 0.4) is 0 Å². The van der Waals surface area contributed by atoms with Crippen LogP contribution in [-0.2, 0) is 11.3 Å².